The van der Waals surface area contributed by atoms with Crippen LogP contribution in [0.15, 0.2) is 34.9 Å². The van der Waals surface area contributed by atoms with Crippen molar-refractivity contribution in [1.82, 2.24) is 10.6 Å². The van der Waals surface area contributed by atoms with Crippen molar-refractivity contribution in [3.05, 3.63) is 45.5 Å². The number of hydrogen-bond donors (Lipinski definition) is 2. The minimum Gasteiger partial charge on any atom is -0.351 e. The first-order valence-electron chi connectivity index (χ1n) is 8.25. The standard InChI is InChI=1S/C19H19ClN4O2S/c1-11(16(25)23-10-12-6-4-5-7-15(12)20)27-18-14(9-22)19(2,3)13(8-21)17(26)24-18/h4-7,11,13H,10H2,1-3H3,(H,23,25)(H,24,26)/t11-,13+/m0/s1. The van der Waals surface area contributed by atoms with Crippen molar-refractivity contribution in [3.63, 3.8) is 0 Å². The monoisotopic (exact) mass is 402 g/mol. The molecule has 27 heavy (non-hydrogen) atoms. The van der Waals surface area contributed by atoms with Gasteiger partial charge in [-0.25, -0.2) is 0 Å². The van der Waals surface area contributed by atoms with Crippen LogP contribution < -0.4 is 10.6 Å². The van der Waals surface area contributed by atoms with Crippen molar-refractivity contribution in [2.45, 2.75) is 32.6 Å². The molecule has 6 nitrogen and oxygen atoms in total. The largest absolute Gasteiger partial charge is 0.351 e. The van der Waals surface area contributed by atoms with E-state index in [9.17, 15) is 20.1 Å². The first-order valence-corrected chi connectivity index (χ1v) is 9.51. The lowest BCUT2D eigenvalue weighted by molar-refractivity contribution is -0.125. The number of nitrogens with zero attached hydrogens (tertiary/aromatic N) is 2. The maximum absolute atomic E-state index is 12.4. The number of allylic oxidation sites excluding steroid dienone is 1. The summed E-state index contributed by atoms with van der Waals surface area (Å²) in [6.07, 6.45) is 0. The van der Waals surface area contributed by atoms with E-state index in [1.807, 2.05) is 24.3 Å². The fourth-order valence-corrected chi connectivity index (χ4v) is 4.05. The molecule has 0 aromatic heterocycles. The molecule has 0 fully saturated rings. The molecule has 2 atom stereocenters. The average molecular weight is 403 g/mol. The smallest absolute Gasteiger partial charge is 0.243 e. The summed E-state index contributed by atoms with van der Waals surface area (Å²) in [6, 6.07) is 11.2. The molecule has 2 rings (SSSR count). The molecule has 8 heteroatoms. The van der Waals surface area contributed by atoms with Gasteiger partial charge >= 0.3 is 0 Å². The van der Waals surface area contributed by atoms with Crippen LogP contribution in [0.3, 0.4) is 0 Å². The minimum absolute atomic E-state index is 0.251. The lowest BCUT2D eigenvalue weighted by atomic mass is 9.72. The Morgan fingerprint density at radius 2 is 2.07 bits per heavy atom. The van der Waals surface area contributed by atoms with E-state index in [0.717, 1.165) is 17.3 Å². The molecule has 140 valence electrons. The summed E-state index contributed by atoms with van der Waals surface area (Å²) in [5.41, 5.74) is 0.164. The van der Waals surface area contributed by atoms with Crippen molar-refractivity contribution >= 4 is 35.2 Å². The number of nitriles is 2. The van der Waals surface area contributed by atoms with Gasteiger partial charge in [-0.15, -0.1) is 0 Å². The van der Waals surface area contributed by atoms with Gasteiger partial charge in [0.15, 0.2) is 0 Å². The molecule has 0 aliphatic carbocycles. The number of thioether (sulfide) groups is 1. The number of hydrogen-bond acceptors (Lipinski definition) is 5. The summed E-state index contributed by atoms with van der Waals surface area (Å²) in [4.78, 5) is 24.6. The molecule has 0 unspecified atom stereocenters. The Morgan fingerprint density at radius 1 is 1.41 bits per heavy atom. The Labute approximate surface area is 167 Å². The number of amides is 2. The number of nitrogens with one attached hydrogen (secondary N) is 2. The molecule has 0 saturated carbocycles. The molecule has 1 aliphatic heterocycles. The molecule has 0 spiro atoms. The van der Waals surface area contributed by atoms with Gasteiger partial charge in [-0.05, 0) is 18.6 Å². The van der Waals surface area contributed by atoms with Crippen LogP contribution in [0.4, 0.5) is 0 Å². The summed E-state index contributed by atoms with van der Waals surface area (Å²) >= 11 is 7.17. The Bertz CT molecular complexity index is 882. The van der Waals surface area contributed by atoms with Crippen molar-refractivity contribution in [3.8, 4) is 12.1 Å². The molecule has 1 aromatic carbocycles. The predicted molar refractivity (Wildman–Crippen MR) is 104 cm³/mol. The summed E-state index contributed by atoms with van der Waals surface area (Å²) in [6.45, 7) is 5.33. The van der Waals surface area contributed by atoms with E-state index in [0.29, 0.717) is 15.6 Å². The first kappa shape index (κ1) is 20.8. The summed E-state index contributed by atoms with van der Waals surface area (Å²) < 4.78 is 0. The lowest BCUT2D eigenvalue weighted by Crippen LogP contribution is -2.45. The van der Waals surface area contributed by atoms with Crippen molar-refractivity contribution in [1.29, 1.82) is 10.5 Å². The van der Waals surface area contributed by atoms with Crippen LogP contribution in [-0.4, -0.2) is 17.1 Å². The summed E-state index contributed by atoms with van der Waals surface area (Å²) in [7, 11) is 0. The molecular formula is C19H19ClN4O2S. The number of carbonyl (C=O) groups excluding carboxylic acids is 2. The lowest BCUT2D eigenvalue weighted by Gasteiger charge is -2.35. The van der Waals surface area contributed by atoms with Crippen molar-refractivity contribution < 1.29 is 9.59 Å². The molecule has 1 aromatic rings. The van der Waals surface area contributed by atoms with Crippen LogP contribution in [0.5, 0.6) is 0 Å². The van der Waals surface area contributed by atoms with E-state index < -0.39 is 22.5 Å². The zero-order chi connectivity index (χ0) is 20.2. The van der Waals surface area contributed by atoms with Gasteiger partial charge < -0.3 is 10.6 Å². The second kappa shape index (κ2) is 8.47. The first-order chi connectivity index (χ1) is 12.7. The van der Waals surface area contributed by atoms with Crippen LogP contribution in [0.25, 0.3) is 0 Å². The number of carbonyl (C=O) groups is 2. The second-order valence-electron chi connectivity index (χ2n) is 6.66. The third kappa shape index (κ3) is 4.44. The second-order valence-corrected chi connectivity index (χ2v) is 8.42. The molecule has 1 heterocycles. The van der Waals surface area contributed by atoms with Gasteiger partial charge in [-0.3, -0.25) is 9.59 Å². The third-order valence-corrected chi connectivity index (χ3v) is 5.89. The van der Waals surface area contributed by atoms with Crippen LogP contribution in [-0.2, 0) is 16.1 Å². The molecule has 1 aliphatic rings. The highest BCUT2D eigenvalue weighted by atomic mass is 35.5. The van der Waals surface area contributed by atoms with Gasteiger partial charge in [0.2, 0.25) is 11.8 Å². The van der Waals surface area contributed by atoms with Crippen LogP contribution >= 0.6 is 23.4 Å². The molecule has 0 radical (unpaired) electrons. The minimum atomic E-state index is -0.958. The fourth-order valence-electron chi connectivity index (χ4n) is 2.71. The van der Waals surface area contributed by atoms with Gasteiger partial charge in [-0.2, -0.15) is 10.5 Å². The molecule has 0 bridgehead atoms. The average Bonchev–Trinajstić information content (AvgIpc) is 2.60. The van der Waals surface area contributed by atoms with Crippen LogP contribution in [0.2, 0.25) is 5.02 Å². The Morgan fingerprint density at radius 3 is 2.67 bits per heavy atom. The Hall–Kier alpha value is -2.48. The van der Waals surface area contributed by atoms with E-state index in [1.54, 1.807) is 26.8 Å². The number of rotatable bonds is 5. The SMILES string of the molecule is C[C@H](SC1=C(C#N)C(C)(C)[C@H](C#N)C(=O)N1)C(=O)NCc1ccccc1Cl. The molecule has 2 amide bonds. The molecule has 0 saturated heterocycles. The summed E-state index contributed by atoms with van der Waals surface area (Å²) in [5, 5.41) is 24.5. The van der Waals surface area contributed by atoms with Gasteiger partial charge in [-0.1, -0.05) is 55.4 Å². The highest BCUT2D eigenvalue weighted by Crippen LogP contribution is 2.42. The van der Waals surface area contributed by atoms with E-state index >= 15 is 0 Å². The van der Waals surface area contributed by atoms with Gasteiger partial charge in [0.1, 0.15) is 5.92 Å². The van der Waals surface area contributed by atoms with E-state index in [2.05, 4.69) is 16.7 Å². The fraction of sp³-hybridized carbons (Fsp3) is 0.368. The van der Waals surface area contributed by atoms with Gasteiger partial charge in [0.25, 0.3) is 0 Å². The van der Waals surface area contributed by atoms with Crippen molar-refractivity contribution in [2.75, 3.05) is 0 Å². The Kier molecular flexibility index (Phi) is 6.54. The van der Waals surface area contributed by atoms with Crippen molar-refractivity contribution in [2.24, 2.45) is 11.3 Å². The number of halogens is 1. The van der Waals surface area contributed by atoms with Gasteiger partial charge in [0, 0.05) is 17.0 Å². The zero-order valence-electron chi connectivity index (χ0n) is 15.2. The highest BCUT2D eigenvalue weighted by Gasteiger charge is 2.45. The molecule has 2 N–H and O–H groups in total. The number of benzene rings is 1. The topological polar surface area (TPSA) is 106 Å². The van der Waals surface area contributed by atoms with E-state index in [4.69, 9.17) is 11.6 Å². The predicted octanol–water partition coefficient (Wildman–Crippen LogP) is 3.11. The third-order valence-electron chi connectivity index (χ3n) is 4.41. The van der Waals surface area contributed by atoms with Crippen LogP contribution in [0.1, 0.15) is 26.3 Å². The van der Waals surface area contributed by atoms with Gasteiger partial charge in [0.05, 0.1) is 28.0 Å². The van der Waals surface area contributed by atoms with E-state index in [-0.39, 0.29) is 12.5 Å². The summed E-state index contributed by atoms with van der Waals surface area (Å²) in [5.74, 6) is -1.67. The zero-order valence-corrected chi connectivity index (χ0v) is 16.7. The van der Waals surface area contributed by atoms with Crippen LogP contribution in [0, 0.1) is 34.0 Å². The maximum Gasteiger partial charge on any atom is 0.243 e. The molecular weight excluding hydrogens is 384 g/mol. The Balaban J connectivity index is 2.12. The quantitative estimate of drug-likeness (QED) is 0.787. The normalized spacial score (nSPS) is 19.5. The maximum atomic E-state index is 12.4. The highest BCUT2D eigenvalue weighted by molar-refractivity contribution is 8.04. The van der Waals surface area contributed by atoms with E-state index in [1.165, 1.54) is 0 Å².